The highest BCUT2D eigenvalue weighted by Gasteiger charge is 2.17. The molecule has 0 aliphatic heterocycles. The molecule has 10 heteroatoms. The van der Waals surface area contributed by atoms with Crippen molar-refractivity contribution in [1.82, 2.24) is 25.0 Å². The maximum absolute atomic E-state index is 13.2. The van der Waals surface area contributed by atoms with Crippen molar-refractivity contribution in [3.8, 4) is 11.3 Å². The first-order chi connectivity index (χ1) is 15.5. The van der Waals surface area contributed by atoms with Crippen molar-refractivity contribution in [2.45, 2.75) is 6.54 Å². The van der Waals surface area contributed by atoms with Gasteiger partial charge in [-0.3, -0.25) is 19.8 Å². The number of fused-ring (bicyclic) bond motifs is 1. The molecule has 160 valence electrons. The van der Waals surface area contributed by atoms with E-state index < -0.39 is 0 Å². The molecule has 8 nitrogen and oxygen atoms in total. The standard InChI is InChI=1S/C22H18ClFN8/c23-18-7-14(20-5-6-29-31(20)12-16-3-2-15(24)11-27-16)8-21(22(18)25)32(26)17-4-1-13-10-28-30-19(13)9-17/h1-11H,12,25-26H2,(H,28,30). The summed E-state index contributed by atoms with van der Waals surface area (Å²) in [6, 6.07) is 14.1. The van der Waals surface area contributed by atoms with Crippen molar-refractivity contribution in [1.29, 1.82) is 0 Å². The fraction of sp³-hybridized carbons (Fsp3) is 0.0455. The number of rotatable bonds is 5. The van der Waals surface area contributed by atoms with Crippen LogP contribution in [0.3, 0.4) is 0 Å². The summed E-state index contributed by atoms with van der Waals surface area (Å²) in [4.78, 5) is 4.11. The first-order valence-corrected chi connectivity index (χ1v) is 10.1. The average molecular weight is 449 g/mol. The van der Waals surface area contributed by atoms with Gasteiger partial charge in [0.05, 0.1) is 57.9 Å². The van der Waals surface area contributed by atoms with E-state index in [1.54, 1.807) is 29.2 Å². The maximum Gasteiger partial charge on any atom is 0.141 e. The van der Waals surface area contributed by atoms with Crippen molar-refractivity contribution < 1.29 is 4.39 Å². The number of anilines is 3. The molecular formula is C22H18ClFN8. The number of hydrogen-bond acceptors (Lipinski definition) is 6. The van der Waals surface area contributed by atoms with Crippen LogP contribution < -0.4 is 16.6 Å². The summed E-state index contributed by atoms with van der Waals surface area (Å²) in [5.74, 6) is 6.05. The first-order valence-electron chi connectivity index (χ1n) is 9.69. The van der Waals surface area contributed by atoms with Crippen molar-refractivity contribution in [3.05, 3.63) is 83.7 Å². The summed E-state index contributed by atoms with van der Waals surface area (Å²) < 4.78 is 14.9. The zero-order valence-electron chi connectivity index (χ0n) is 16.7. The number of aromatic nitrogens is 5. The third-order valence-corrected chi connectivity index (χ3v) is 5.50. The Bertz CT molecular complexity index is 1410. The molecular weight excluding hydrogens is 431 g/mol. The van der Waals surface area contributed by atoms with E-state index in [4.69, 9.17) is 23.2 Å². The van der Waals surface area contributed by atoms with Gasteiger partial charge in [0.2, 0.25) is 0 Å². The maximum atomic E-state index is 13.2. The first kappa shape index (κ1) is 20.0. The lowest BCUT2D eigenvalue weighted by Crippen LogP contribution is -2.26. The largest absolute Gasteiger partial charge is 0.396 e. The van der Waals surface area contributed by atoms with E-state index in [1.807, 2.05) is 30.3 Å². The lowest BCUT2D eigenvalue weighted by Gasteiger charge is -2.22. The Hall–Kier alpha value is -3.95. The molecule has 0 spiro atoms. The topological polar surface area (TPSA) is 115 Å². The zero-order valence-corrected chi connectivity index (χ0v) is 17.5. The smallest absolute Gasteiger partial charge is 0.141 e. The Kier molecular flexibility index (Phi) is 4.96. The predicted octanol–water partition coefficient (Wildman–Crippen LogP) is 4.26. The van der Waals surface area contributed by atoms with Crippen LogP contribution in [-0.2, 0) is 6.54 Å². The van der Waals surface area contributed by atoms with E-state index in [2.05, 4.69) is 20.3 Å². The molecule has 5 N–H and O–H groups in total. The monoisotopic (exact) mass is 448 g/mol. The molecule has 0 amide bonds. The van der Waals surface area contributed by atoms with E-state index in [-0.39, 0.29) is 5.82 Å². The van der Waals surface area contributed by atoms with E-state index in [9.17, 15) is 4.39 Å². The van der Waals surface area contributed by atoms with Crippen LogP contribution in [-0.4, -0.2) is 25.0 Å². The van der Waals surface area contributed by atoms with Crippen LogP contribution in [0.5, 0.6) is 0 Å². The van der Waals surface area contributed by atoms with Gasteiger partial charge in [0.25, 0.3) is 0 Å². The summed E-state index contributed by atoms with van der Waals surface area (Å²) in [6.45, 7) is 0.364. The normalized spacial score (nSPS) is 11.2. The fourth-order valence-corrected chi connectivity index (χ4v) is 3.74. The lowest BCUT2D eigenvalue weighted by molar-refractivity contribution is 0.613. The number of halogens is 2. The van der Waals surface area contributed by atoms with E-state index >= 15 is 0 Å². The van der Waals surface area contributed by atoms with Gasteiger partial charge in [-0.15, -0.1) is 0 Å². The van der Waals surface area contributed by atoms with Crippen molar-refractivity contribution in [3.63, 3.8) is 0 Å². The Morgan fingerprint density at radius 1 is 1.09 bits per heavy atom. The van der Waals surface area contributed by atoms with E-state index in [1.165, 1.54) is 17.3 Å². The van der Waals surface area contributed by atoms with Gasteiger partial charge in [0.1, 0.15) is 5.82 Å². The van der Waals surface area contributed by atoms with Gasteiger partial charge in [-0.05, 0) is 48.5 Å². The van der Waals surface area contributed by atoms with Gasteiger partial charge in [0, 0.05) is 17.1 Å². The molecule has 0 radical (unpaired) electrons. The molecule has 0 bridgehead atoms. The quantitative estimate of drug-likeness (QED) is 0.210. The molecule has 0 fully saturated rings. The summed E-state index contributed by atoms with van der Waals surface area (Å²) in [5.41, 5.74) is 11.0. The molecule has 3 aromatic heterocycles. The van der Waals surface area contributed by atoms with Gasteiger partial charge in [-0.25, -0.2) is 10.2 Å². The molecule has 32 heavy (non-hydrogen) atoms. The number of H-pyrrole nitrogens is 1. The Labute approximate surface area is 187 Å². The third kappa shape index (κ3) is 3.64. The van der Waals surface area contributed by atoms with Crippen molar-refractivity contribution in [2.24, 2.45) is 5.84 Å². The number of pyridine rings is 1. The molecule has 0 aliphatic carbocycles. The summed E-state index contributed by atoms with van der Waals surface area (Å²) >= 11 is 6.47. The molecule has 0 aliphatic rings. The molecule has 0 saturated heterocycles. The molecule has 0 atom stereocenters. The second kappa shape index (κ2) is 7.95. The summed E-state index contributed by atoms with van der Waals surface area (Å²) in [7, 11) is 0. The number of hydrazine groups is 1. The van der Waals surface area contributed by atoms with Crippen LogP contribution in [0.15, 0.2) is 67.1 Å². The van der Waals surface area contributed by atoms with Crippen LogP contribution in [0.2, 0.25) is 5.02 Å². The highest BCUT2D eigenvalue weighted by atomic mass is 35.5. The Morgan fingerprint density at radius 3 is 2.78 bits per heavy atom. The Balaban J connectivity index is 1.53. The molecule has 5 aromatic rings. The van der Waals surface area contributed by atoms with Crippen LogP contribution in [0.1, 0.15) is 5.69 Å². The minimum Gasteiger partial charge on any atom is -0.396 e. The number of nitrogens with zero attached hydrogens (tertiary/aromatic N) is 5. The average Bonchev–Trinajstić information content (AvgIpc) is 3.45. The van der Waals surface area contributed by atoms with Crippen LogP contribution in [0.25, 0.3) is 22.2 Å². The number of nitrogen functional groups attached to an aromatic ring is 1. The fourth-order valence-electron chi connectivity index (χ4n) is 3.52. The van der Waals surface area contributed by atoms with Gasteiger partial charge in [-0.2, -0.15) is 10.2 Å². The molecule has 3 heterocycles. The number of benzene rings is 2. The highest BCUT2D eigenvalue weighted by molar-refractivity contribution is 6.34. The second-order valence-corrected chi connectivity index (χ2v) is 7.65. The minimum atomic E-state index is -0.388. The SMILES string of the molecule is Nc1c(Cl)cc(-c2ccnn2Cc2ccc(F)cn2)cc1N(N)c1ccc2cn[nH]c2c1. The highest BCUT2D eigenvalue weighted by Crippen LogP contribution is 2.38. The number of nitrogens with two attached hydrogens (primary N) is 2. The number of hydrogen-bond donors (Lipinski definition) is 3. The second-order valence-electron chi connectivity index (χ2n) is 7.24. The lowest BCUT2D eigenvalue weighted by atomic mass is 10.1. The van der Waals surface area contributed by atoms with Gasteiger partial charge in [0.15, 0.2) is 0 Å². The number of aromatic amines is 1. The van der Waals surface area contributed by atoms with Gasteiger partial charge in [-0.1, -0.05) is 11.6 Å². The minimum absolute atomic E-state index is 0.355. The van der Waals surface area contributed by atoms with Crippen LogP contribution in [0.4, 0.5) is 21.5 Å². The number of nitrogens with one attached hydrogen (secondary N) is 1. The van der Waals surface area contributed by atoms with Crippen LogP contribution in [0, 0.1) is 5.82 Å². The Morgan fingerprint density at radius 2 is 1.97 bits per heavy atom. The van der Waals surface area contributed by atoms with Crippen molar-refractivity contribution >= 4 is 39.6 Å². The van der Waals surface area contributed by atoms with Gasteiger partial charge >= 0.3 is 0 Å². The molecule has 5 rings (SSSR count). The molecule has 2 aromatic carbocycles. The summed E-state index contributed by atoms with van der Waals surface area (Å²) in [6.07, 6.45) is 4.59. The van der Waals surface area contributed by atoms with Crippen molar-refractivity contribution in [2.75, 3.05) is 10.7 Å². The summed E-state index contributed by atoms with van der Waals surface area (Å²) in [5, 5.41) is 14.2. The zero-order chi connectivity index (χ0) is 22.2. The molecule has 0 saturated carbocycles. The van der Waals surface area contributed by atoms with E-state index in [0.29, 0.717) is 34.3 Å². The van der Waals surface area contributed by atoms with E-state index in [0.717, 1.165) is 22.2 Å². The third-order valence-electron chi connectivity index (χ3n) is 5.18. The van der Waals surface area contributed by atoms with Crippen LogP contribution >= 0.6 is 11.6 Å². The molecule has 0 unspecified atom stereocenters. The predicted molar refractivity (Wildman–Crippen MR) is 123 cm³/mol. The van der Waals surface area contributed by atoms with Gasteiger partial charge < -0.3 is 5.73 Å².